The van der Waals surface area contributed by atoms with Crippen LogP contribution in [0.4, 0.5) is 5.13 Å². The highest BCUT2D eigenvalue weighted by Crippen LogP contribution is 2.33. The first kappa shape index (κ1) is 26.3. The smallest absolute Gasteiger partial charge is 0.257 e. The Morgan fingerprint density at radius 2 is 1.82 bits per heavy atom. The number of hydrogen-bond acceptors (Lipinski definition) is 7. The van der Waals surface area contributed by atoms with Crippen LogP contribution in [-0.2, 0) is 25.8 Å². The molecule has 3 heterocycles. The lowest BCUT2D eigenvalue weighted by Crippen LogP contribution is -2.12. The third kappa shape index (κ3) is 5.94. The minimum Gasteiger partial charge on any atom is -0.493 e. The van der Waals surface area contributed by atoms with Crippen molar-refractivity contribution in [2.75, 3.05) is 11.9 Å². The van der Waals surface area contributed by atoms with Crippen molar-refractivity contribution in [2.24, 2.45) is 0 Å². The molecule has 0 saturated heterocycles. The van der Waals surface area contributed by atoms with Gasteiger partial charge in [-0.2, -0.15) is 0 Å². The third-order valence-electron chi connectivity index (χ3n) is 7.26. The quantitative estimate of drug-likeness (QED) is 0.177. The van der Waals surface area contributed by atoms with E-state index >= 15 is 0 Å². The molecule has 2 aromatic heterocycles. The number of aromatic nitrogens is 4. The number of rotatable bonds is 9. The molecule has 8 nitrogen and oxygen atoms in total. The molecule has 9 heteroatoms. The van der Waals surface area contributed by atoms with Crippen molar-refractivity contribution >= 4 is 22.4 Å². The summed E-state index contributed by atoms with van der Waals surface area (Å²) < 4.78 is 14.3. The summed E-state index contributed by atoms with van der Waals surface area (Å²) >= 11 is 1.56. The van der Waals surface area contributed by atoms with E-state index in [2.05, 4.69) is 31.6 Å². The van der Waals surface area contributed by atoms with Crippen molar-refractivity contribution in [1.82, 2.24) is 19.7 Å². The van der Waals surface area contributed by atoms with Gasteiger partial charge in [-0.05, 0) is 74.9 Å². The molecule has 206 valence electrons. The first-order valence-corrected chi connectivity index (χ1v) is 14.9. The first-order chi connectivity index (χ1) is 19.7. The van der Waals surface area contributed by atoms with Crippen molar-refractivity contribution < 1.29 is 14.3 Å². The molecule has 2 aliphatic rings. The second kappa shape index (κ2) is 12.0. The van der Waals surface area contributed by atoms with E-state index in [9.17, 15) is 4.79 Å². The molecule has 1 aliphatic carbocycles. The van der Waals surface area contributed by atoms with Gasteiger partial charge in [0.05, 0.1) is 12.3 Å². The van der Waals surface area contributed by atoms with Crippen LogP contribution in [0.15, 0.2) is 55.1 Å². The van der Waals surface area contributed by atoms with Gasteiger partial charge in [-0.15, -0.1) is 28.1 Å². The van der Waals surface area contributed by atoms with Gasteiger partial charge in [-0.1, -0.05) is 18.9 Å². The average molecular weight is 556 g/mol. The number of benzene rings is 2. The number of carbonyl (C=O) groups is 1. The summed E-state index contributed by atoms with van der Waals surface area (Å²) in [6.07, 6.45) is 11.4. The van der Waals surface area contributed by atoms with E-state index in [4.69, 9.17) is 9.47 Å². The molecule has 1 amide bonds. The minimum absolute atomic E-state index is 0.245. The average Bonchev–Trinajstić information content (AvgIpc) is 3.64. The fraction of sp³-hybridized carbons (Fsp3) is 0.355. The molecular weight excluding hydrogens is 522 g/mol. The number of fused-ring (bicyclic) bond motifs is 2. The van der Waals surface area contributed by atoms with Crippen LogP contribution in [0.5, 0.6) is 17.2 Å². The van der Waals surface area contributed by atoms with Crippen LogP contribution in [0.1, 0.15) is 65.3 Å². The normalized spacial score (nSPS) is 14.5. The predicted octanol–water partition coefficient (Wildman–Crippen LogP) is 7.01. The van der Waals surface area contributed by atoms with Gasteiger partial charge >= 0.3 is 0 Å². The van der Waals surface area contributed by atoms with Gasteiger partial charge < -0.3 is 14.0 Å². The second-order valence-corrected chi connectivity index (χ2v) is 11.3. The molecule has 2 aromatic carbocycles. The molecule has 0 atom stereocenters. The monoisotopic (exact) mass is 555 g/mol. The van der Waals surface area contributed by atoms with E-state index in [0.717, 1.165) is 68.0 Å². The molecule has 1 aliphatic heterocycles. The zero-order chi connectivity index (χ0) is 27.3. The van der Waals surface area contributed by atoms with Gasteiger partial charge in [0.2, 0.25) is 0 Å². The van der Waals surface area contributed by atoms with Gasteiger partial charge in [-0.3, -0.25) is 10.1 Å². The summed E-state index contributed by atoms with van der Waals surface area (Å²) in [7, 11) is 0. The SMILES string of the molecule is C=CCCOc1cc(Oc2ccc(-c3nnc4n3CCCCCC4)cc2)cc(C(=O)Nc2nc3c(s2)CCC3)c1. The number of hydrogen-bond donors (Lipinski definition) is 1. The maximum Gasteiger partial charge on any atom is 0.257 e. The van der Waals surface area contributed by atoms with Crippen LogP contribution >= 0.6 is 11.3 Å². The zero-order valence-corrected chi connectivity index (χ0v) is 23.3. The Hall–Kier alpha value is -3.98. The number of nitrogens with zero attached hydrogens (tertiary/aromatic N) is 4. The summed E-state index contributed by atoms with van der Waals surface area (Å²) in [5.74, 6) is 3.45. The Kier molecular flexibility index (Phi) is 7.90. The predicted molar refractivity (Wildman–Crippen MR) is 157 cm³/mol. The van der Waals surface area contributed by atoms with E-state index < -0.39 is 0 Å². The largest absolute Gasteiger partial charge is 0.493 e. The fourth-order valence-electron chi connectivity index (χ4n) is 5.20. The molecule has 1 N–H and O–H groups in total. The van der Waals surface area contributed by atoms with E-state index in [1.165, 1.54) is 17.7 Å². The standard InChI is InChI=1S/C31H33N5O3S/c1-2-3-17-38-24-18-22(30(37)33-31-32-26-9-8-10-27(26)40-31)19-25(20-24)39-23-14-12-21(13-15-23)29-35-34-28-11-6-4-5-7-16-36(28)29/h2,12-15,18-20H,1,3-11,16-17H2,(H,32,33,37). The molecule has 0 saturated carbocycles. The van der Waals surface area contributed by atoms with Crippen molar-refractivity contribution in [2.45, 2.75) is 64.3 Å². The Bertz CT molecular complexity index is 1490. The first-order valence-electron chi connectivity index (χ1n) is 14.1. The molecule has 4 aromatic rings. The van der Waals surface area contributed by atoms with Crippen LogP contribution < -0.4 is 14.8 Å². The molecule has 0 spiro atoms. The molecule has 40 heavy (non-hydrogen) atoms. The number of carbonyl (C=O) groups excluding carboxylic acids is 1. The number of thiazole rings is 1. The van der Waals surface area contributed by atoms with Gasteiger partial charge in [0.1, 0.15) is 23.1 Å². The summed E-state index contributed by atoms with van der Waals surface area (Å²) in [4.78, 5) is 19.0. The summed E-state index contributed by atoms with van der Waals surface area (Å²) in [6.45, 7) is 5.16. The van der Waals surface area contributed by atoms with Crippen LogP contribution in [0, 0.1) is 0 Å². The highest BCUT2D eigenvalue weighted by Gasteiger charge is 2.19. The lowest BCUT2D eigenvalue weighted by molar-refractivity contribution is 0.102. The minimum atomic E-state index is -0.245. The van der Waals surface area contributed by atoms with Crippen LogP contribution in [0.3, 0.4) is 0 Å². The third-order valence-corrected chi connectivity index (χ3v) is 8.33. The second-order valence-electron chi connectivity index (χ2n) is 10.2. The molecule has 0 fully saturated rings. The number of anilines is 1. The lowest BCUT2D eigenvalue weighted by Gasteiger charge is -2.14. The lowest BCUT2D eigenvalue weighted by atomic mass is 10.1. The molecule has 6 rings (SSSR count). The number of ether oxygens (including phenoxy) is 2. The van der Waals surface area contributed by atoms with Crippen molar-refractivity contribution in [1.29, 1.82) is 0 Å². The Balaban J connectivity index is 1.20. The summed E-state index contributed by atoms with van der Waals surface area (Å²) in [5, 5.41) is 12.5. The van der Waals surface area contributed by atoms with Crippen molar-refractivity contribution in [3.8, 4) is 28.6 Å². The molecular formula is C31H33N5O3S. The fourth-order valence-corrected chi connectivity index (χ4v) is 6.25. The highest BCUT2D eigenvalue weighted by atomic mass is 32.1. The van der Waals surface area contributed by atoms with Crippen molar-refractivity contribution in [3.63, 3.8) is 0 Å². The van der Waals surface area contributed by atoms with Gasteiger partial charge in [-0.25, -0.2) is 4.98 Å². The van der Waals surface area contributed by atoms with Crippen LogP contribution in [0.25, 0.3) is 11.4 Å². The van der Waals surface area contributed by atoms with Gasteiger partial charge in [0, 0.05) is 35.0 Å². The van der Waals surface area contributed by atoms with E-state index in [0.29, 0.717) is 41.0 Å². The van der Waals surface area contributed by atoms with E-state index in [1.54, 1.807) is 35.6 Å². The number of aryl methyl sites for hydroxylation is 3. The number of nitrogens with one attached hydrogen (secondary N) is 1. The van der Waals surface area contributed by atoms with Crippen LogP contribution in [0.2, 0.25) is 0 Å². The van der Waals surface area contributed by atoms with Gasteiger partial charge in [0.15, 0.2) is 11.0 Å². The Morgan fingerprint density at radius 1 is 0.975 bits per heavy atom. The summed E-state index contributed by atoms with van der Waals surface area (Å²) in [5.41, 5.74) is 2.55. The Labute approximate surface area is 238 Å². The maximum absolute atomic E-state index is 13.2. The van der Waals surface area contributed by atoms with Crippen LogP contribution in [-0.4, -0.2) is 32.3 Å². The number of amides is 1. The van der Waals surface area contributed by atoms with E-state index in [-0.39, 0.29) is 5.91 Å². The Morgan fingerprint density at radius 3 is 2.67 bits per heavy atom. The zero-order valence-electron chi connectivity index (χ0n) is 22.5. The highest BCUT2D eigenvalue weighted by molar-refractivity contribution is 7.16. The summed E-state index contributed by atoms with van der Waals surface area (Å²) in [6, 6.07) is 13.1. The molecule has 0 bridgehead atoms. The van der Waals surface area contributed by atoms with Crippen molar-refractivity contribution in [3.05, 3.63) is 77.1 Å². The van der Waals surface area contributed by atoms with E-state index in [1.807, 2.05) is 24.3 Å². The topological polar surface area (TPSA) is 91.2 Å². The molecule has 0 radical (unpaired) electrons. The maximum atomic E-state index is 13.2. The molecule has 0 unspecified atom stereocenters. The van der Waals surface area contributed by atoms with Gasteiger partial charge in [0.25, 0.3) is 5.91 Å².